The van der Waals surface area contributed by atoms with Gasteiger partial charge in [-0.15, -0.1) is 0 Å². The number of nitrogens with two attached hydrogens (primary N) is 1. The van der Waals surface area contributed by atoms with E-state index in [2.05, 4.69) is 4.98 Å². The van der Waals surface area contributed by atoms with E-state index in [1.165, 1.54) is 0 Å². The number of benzene rings is 1. The summed E-state index contributed by atoms with van der Waals surface area (Å²) in [5.74, 6) is 2.25. The quantitative estimate of drug-likeness (QED) is 0.893. The molecule has 0 saturated carbocycles. The van der Waals surface area contributed by atoms with Crippen LogP contribution in [-0.2, 0) is 6.61 Å². The van der Waals surface area contributed by atoms with Gasteiger partial charge in [-0.3, -0.25) is 0 Å². The van der Waals surface area contributed by atoms with E-state index in [1.807, 2.05) is 30.3 Å². The van der Waals surface area contributed by atoms with E-state index >= 15 is 0 Å². The lowest BCUT2D eigenvalue weighted by Crippen LogP contribution is -2.02. The summed E-state index contributed by atoms with van der Waals surface area (Å²) in [5.41, 5.74) is 6.37. The predicted octanol–water partition coefficient (Wildman–Crippen LogP) is 2.26. The lowest BCUT2D eigenvalue weighted by atomic mass is 10.3. The maximum Gasteiger partial charge on any atom is 0.203 e. The summed E-state index contributed by atoms with van der Waals surface area (Å²) < 4.78 is 16.2. The zero-order valence-corrected chi connectivity index (χ0v) is 10.9. The van der Waals surface area contributed by atoms with E-state index < -0.39 is 0 Å². The van der Waals surface area contributed by atoms with Gasteiger partial charge in [-0.1, -0.05) is 12.1 Å². The molecule has 0 unspecified atom stereocenters. The molecular weight excluding hydrogens is 244 g/mol. The Kier molecular flexibility index (Phi) is 4.07. The van der Waals surface area contributed by atoms with Crippen LogP contribution in [0.5, 0.6) is 17.2 Å². The van der Waals surface area contributed by atoms with Crippen LogP contribution in [0.3, 0.4) is 0 Å². The molecule has 0 saturated heterocycles. The molecule has 2 rings (SSSR count). The highest BCUT2D eigenvalue weighted by atomic mass is 16.5. The molecule has 2 N–H and O–H groups in total. The highest BCUT2D eigenvalue weighted by Crippen LogP contribution is 2.37. The normalized spacial score (nSPS) is 10.0. The minimum absolute atomic E-state index is 0.293. The topological polar surface area (TPSA) is 66.6 Å². The van der Waals surface area contributed by atoms with Crippen molar-refractivity contribution in [3.63, 3.8) is 0 Å². The lowest BCUT2D eigenvalue weighted by Gasteiger charge is -2.13. The third-order valence-corrected chi connectivity index (χ3v) is 2.58. The van der Waals surface area contributed by atoms with E-state index in [1.54, 1.807) is 20.3 Å². The number of ether oxygens (including phenoxy) is 3. The van der Waals surface area contributed by atoms with E-state index in [0.717, 1.165) is 5.69 Å². The minimum atomic E-state index is 0.293. The highest BCUT2D eigenvalue weighted by Gasteiger charge is 2.11. The average Bonchev–Trinajstić information content (AvgIpc) is 2.44. The number of aromatic nitrogens is 1. The van der Waals surface area contributed by atoms with Gasteiger partial charge >= 0.3 is 0 Å². The Bertz CT molecular complexity index is 536. The fourth-order valence-corrected chi connectivity index (χ4v) is 1.68. The first kappa shape index (κ1) is 13.0. The molecule has 19 heavy (non-hydrogen) atoms. The largest absolute Gasteiger partial charge is 0.493 e. The molecular formula is C14H16N2O3. The molecule has 0 aliphatic rings. The molecule has 0 aliphatic heterocycles. The molecule has 1 aromatic carbocycles. The van der Waals surface area contributed by atoms with Crippen LogP contribution in [0.25, 0.3) is 0 Å². The number of para-hydroxylation sites is 1. The maximum absolute atomic E-state index is 5.72. The van der Waals surface area contributed by atoms with Gasteiger partial charge in [0.25, 0.3) is 0 Å². The van der Waals surface area contributed by atoms with Crippen LogP contribution in [0.15, 0.2) is 36.4 Å². The number of hydrogen-bond acceptors (Lipinski definition) is 5. The molecule has 100 valence electrons. The van der Waals surface area contributed by atoms with Crippen molar-refractivity contribution in [2.75, 3.05) is 20.0 Å². The van der Waals surface area contributed by atoms with Gasteiger partial charge in [0.1, 0.15) is 12.4 Å². The van der Waals surface area contributed by atoms with E-state index in [-0.39, 0.29) is 0 Å². The van der Waals surface area contributed by atoms with Crippen molar-refractivity contribution in [3.8, 4) is 17.2 Å². The number of methoxy groups -OCH3 is 2. The molecule has 1 heterocycles. The van der Waals surface area contributed by atoms with Crippen molar-refractivity contribution in [1.29, 1.82) is 0 Å². The third kappa shape index (κ3) is 3.07. The fourth-order valence-electron chi connectivity index (χ4n) is 1.68. The monoisotopic (exact) mass is 260 g/mol. The molecule has 0 aliphatic carbocycles. The zero-order chi connectivity index (χ0) is 13.7. The molecule has 0 fully saturated rings. The van der Waals surface area contributed by atoms with Gasteiger partial charge in [0, 0.05) is 0 Å². The molecule has 0 spiro atoms. The van der Waals surface area contributed by atoms with Crippen LogP contribution in [0, 0.1) is 0 Å². The fraction of sp³-hybridized carbons (Fsp3) is 0.214. The third-order valence-electron chi connectivity index (χ3n) is 2.58. The predicted molar refractivity (Wildman–Crippen MR) is 72.5 cm³/mol. The van der Waals surface area contributed by atoms with Crippen LogP contribution in [-0.4, -0.2) is 19.2 Å². The Balaban J connectivity index is 2.19. The van der Waals surface area contributed by atoms with Gasteiger partial charge in [-0.25, -0.2) is 4.98 Å². The van der Waals surface area contributed by atoms with Crippen LogP contribution in [0.1, 0.15) is 5.69 Å². The first-order valence-corrected chi connectivity index (χ1v) is 5.80. The standard InChI is InChI=1S/C14H16N2O3/c1-17-11-6-4-7-12(18-2)14(11)19-9-10-5-3-8-13(15)16-10/h3-8H,9H2,1-2H3,(H2,15,16). The van der Waals surface area contributed by atoms with Crippen molar-refractivity contribution in [1.82, 2.24) is 4.98 Å². The molecule has 0 amide bonds. The maximum atomic E-state index is 5.72. The van der Waals surface area contributed by atoms with Crippen LogP contribution in [0.4, 0.5) is 5.82 Å². The van der Waals surface area contributed by atoms with Crippen molar-refractivity contribution in [2.45, 2.75) is 6.61 Å². The summed E-state index contributed by atoms with van der Waals surface area (Å²) in [6, 6.07) is 10.9. The van der Waals surface area contributed by atoms with Gasteiger partial charge in [0.15, 0.2) is 11.5 Å². The van der Waals surface area contributed by atoms with E-state index in [0.29, 0.717) is 29.7 Å². The summed E-state index contributed by atoms with van der Waals surface area (Å²) in [4.78, 5) is 4.17. The first-order valence-electron chi connectivity index (χ1n) is 5.80. The smallest absolute Gasteiger partial charge is 0.203 e. The van der Waals surface area contributed by atoms with Crippen molar-refractivity contribution in [2.24, 2.45) is 0 Å². The van der Waals surface area contributed by atoms with Gasteiger partial charge in [-0.05, 0) is 24.3 Å². The zero-order valence-electron chi connectivity index (χ0n) is 10.9. The Morgan fingerprint density at radius 2 is 1.63 bits per heavy atom. The lowest BCUT2D eigenvalue weighted by molar-refractivity contribution is 0.263. The second kappa shape index (κ2) is 5.95. The summed E-state index contributed by atoms with van der Waals surface area (Å²) in [5, 5.41) is 0. The SMILES string of the molecule is COc1cccc(OC)c1OCc1cccc(N)n1. The van der Waals surface area contributed by atoms with Crippen LogP contribution in [0.2, 0.25) is 0 Å². The van der Waals surface area contributed by atoms with Crippen molar-refractivity contribution in [3.05, 3.63) is 42.1 Å². The molecule has 0 atom stereocenters. The molecule has 5 nitrogen and oxygen atoms in total. The van der Waals surface area contributed by atoms with Gasteiger partial charge < -0.3 is 19.9 Å². The summed E-state index contributed by atoms with van der Waals surface area (Å²) in [6.45, 7) is 0.293. The van der Waals surface area contributed by atoms with Crippen molar-refractivity contribution < 1.29 is 14.2 Å². The molecule has 0 radical (unpaired) electrons. The van der Waals surface area contributed by atoms with Gasteiger partial charge in [-0.2, -0.15) is 0 Å². The van der Waals surface area contributed by atoms with Gasteiger partial charge in [0.2, 0.25) is 5.75 Å². The molecule has 0 bridgehead atoms. The second-order valence-corrected chi connectivity index (χ2v) is 3.83. The number of rotatable bonds is 5. The van der Waals surface area contributed by atoms with E-state index in [4.69, 9.17) is 19.9 Å². The average molecular weight is 260 g/mol. The summed E-state index contributed by atoms with van der Waals surface area (Å²) >= 11 is 0. The summed E-state index contributed by atoms with van der Waals surface area (Å²) in [7, 11) is 3.17. The van der Waals surface area contributed by atoms with Crippen molar-refractivity contribution >= 4 is 5.82 Å². The Labute approximate surface area is 111 Å². The van der Waals surface area contributed by atoms with Crippen LogP contribution < -0.4 is 19.9 Å². The number of pyridine rings is 1. The molecule has 5 heteroatoms. The number of hydrogen-bond donors (Lipinski definition) is 1. The summed E-state index contributed by atoms with van der Waals surface area (Å²) in [6.07, 6.45) is 0. The van der Waals surface area contributed by atoms with Crippen LogP contribution >= 0.6 is 0 Å². The Morgan fingerprint density at radius 3 is 2.21 bits per heavy atom. The number of nitrogen functional groups attached to an aromatic ring is 1. The Hall–Kier alpha value is -2.43. The molecule has 2 aromatic rings. The highest BCUT2D eigenvalue weighted by molar-refractivity contribution is 5.51. The van der Waals surface area contributed by atoms with E-state index in [9.17, 15) is 0 Å². The number of anilines is 1. The molecule has 1 aromatic heterocycles. The number of nitrogens with zero attached hydrogens (tertiary/aromatic N) is 1. The minimum Gasteiger partial charge on any atom is -0.493 e. The first-order chi connectivity index (χ1) is 9.24. The van der Waals surface area contributed by atoms with Gasteiger partial charge in [0.05, 0.1) is 19.9 Å². The second-order valence-electron chi connectivity index (χ2n) is 3.83. The Morgan fingerprint density at radius 1 is 1.00 bits per heavy atom.